The van der Waals surface area contributed by atoms with Gasteiger partial charge in [0.1, 0.15) is 5.01 Å². The van der Waals surface area contributed by atoms with Crippen LogP contribution < -0.4 is 11.1 Å². The molecule has 1 amide bonds. The number of carbonyl (C=O) groups is 1. The van der Waals surface area contributed by atoms with Gasteiger partial charge >= 0.3 is 0 Å². The predicted molar refractivity (Wildman–Crippen MR) is 89.4 cm³/mol. The number of nitrogens with one attached hydrogen (secondary N) is 1. The van der Waals surface area contributed by atoms with Gasteiger partial charge in [-0.25, -0.2) is 4.98 Å². The first-order valence-corrected chi connectivity index (χ1v) is 7.46. The Morgan fingerprint density at radius 3 is 2.67 bits per heavy atom. The Morgan fingerprint density at radius 2 is 2.24 bits per heavy atom. The van der Waals surface area contributed by atoms with E-state index in [2.05, 4.69) is 10.3 Å². The Balaban J connectivity index is 0.00000200. The molecule has 0 radical (unpaired) electrons. The normalized spacial score (nSPS) is 16.3. The van der Waals surface area contributed by atoms with E-state index >= 15 is 0 Å². The second kappa shape index (κ2) is 9.58. The van der Waals surface area contributed by atoms with Gasteiger partial charge in [-0.3, -0.25) is 4.79 Å². The molecule has 0 spiro atoms. The second-order valence-electron chi connectivity index (χ2n) is 5.01. The lowest BCUT2D eigenvalue weighted by molar-refractivity contribution is -0.124. The molecule has 1 aliphatic rings. The minimum atomic E-state index is -0.210. The molecule has 0 bridgehead atoms. The summed E-state index contributed by atoms with van der Waals surface area (Å²) >= 11 is 1.62. The third-order valence-electron chi connectivity index (χ3n) is 3.32. The highest BCUT2D eigenvalue weighted by Crippen LogP contribution is 2.41. The average Bonchev–Trinajstić information content (AvgIpc) is 3.15. The van der Waals surface area contributed by atoms with E-state index in [4.69, 9.17) is 10.5 Å². The first-order valence-electron chi connectivity index (χ1n) is 6.58. The number of rotatable bonds is 7. The number of thiazole rings is 1. The number of halogens is 2. The van der Waals surface area contributed by atoms with E-state index in [0.717, 1.165) is 23.5 Å². The van der Waals surface area contributed by atoms with Gasteiger partial charge in [0.15, 0.2) is 0 Å². The Hall–Kier alpha value is -0.400. The number of aromatic nitrogens is 1. The maximum absolute atomic E-state index is 12.0. The quantitative estimate of drug-likeness (QED) is 0.785. The highest BCUT2D eigenvalue weighted by molar-refractivity contribution is 7.09. The van der Waals surface area contributed by atoms with E-state index in [1.54, 1.807) is 18.4 Å². The molecule has 1 aliphatic carbocycles. The van der Waals surface area contributed by atoms with Crippen LogP contribution in [0.5, 0.6) is 0 Å². The molecule has 1 saturated carbocycles. The SMILES string of the molecule is COC(CN)CC(=O)NC(c1nc(C)cs1)C1CC1.Cl.Cl. The van der Waals surface area contributed by atoms with Crippen molar-refractivity contribution < 1.29 is 9.53 Å². The van der Waals surface area contributed by atoms with Crippen molar-refractivity contribution in [3.63, 3.8) is 0 Å². The first-order chi connectivity index (χ1) is 9.13. The fraction of sp³-hybridized carbons (Fsp3) is 0.692. The summed E-state index contributed by atoms with van der Waals surface area (Å²) < 4.78 is 5.14. The van der Waals surface area contributed by atoms with E-state index in [0.29, 0.717) is 18.9 Å². The molecule has 0 aromatic carbocycles. The van der Waals surface area contributed by atoms with Crippen molar-refractivity contribution in [2.24, 2.45) is 11.7 Å². The lowest BCUT2D eigenvalue weighted by Gasteiger charge is -2.18. The van der Waals surface area contributed by atoms with Gasteiger partial charge in [0.25, 0.3) is 0 Å². The van der Waals surface area contributed by atoms with Crippen molar-refractivity contribution in [2.45, 2.75) is 38.3 Å². The Morgan fingerprint density at radius 1 is 1.57 bits per heavy atom. The smallest absolute Gasteiger partial charge is 0.223 e. The van der Waals surface area contributed by atoms with Crippen molar-refractivity contribution in [1.29, 1.82) is 0 Å². The Kier molecular flexibility index (Phi) is 9.40. The number of ether oxygens (including phenoxy) is 1. The number of amides is 1. The van der Waals surface area contributed by atoms with E-state index in [9.17, 15) is 4.79 Å². The summed E-state index contributed by atoms with van der Waals surface area (Å²) in [4.78, 5) is 16.5. The van der Waals surface area contributed by atoms with Crippen LogP contribution in [0.4, 0.5) is 0 Å². The minimum Gasteiger partial charge on any atom is -0.380 e. The summed E-state index contributed by atoms with van der Waals surface area (Å²) in [5.41, 5.74) is 6.54. The molecule has 0 aliphatic heterocycles. The fourth-order valence-corrected chi connectivity index (χ4v) is 2.97. The predicted octanol–water partition coefficient (Wildman–Crippen LogP) is 2.23. The zero-order chi connectivity index (χ0) is 13.8. The van der Waals surface area contributed by atoms with Crippen LogP contribution in [-0.4, -0.2) is 30.6 Å². The molecule has 21 heavy (non-hydrogen) atoms. The summed E-state index contributed by atoms with van der Waals surface area (Å²) in [6.07, 6.45) is 2.42. The van der Waals surface area contributed by atoms with Gasteiger partial charge in [-0.15, -0.1) is 36.2 Å². The van der Waals surface area contributed by atoms with Crippen molar-refractivity contribution in [2.75, 3.05) is 13.7 Å². The zero-order valence-electron chi connectivity index (χ0n) is 12.2. The molecule has 8 heteroatoms. The highest BCUT2D eigenvalue weighted by atomic mass is 35.5. The number of carbonyl (C=O) groups excluding carboxylic acids is 1. The van der Waals surface area contributed by atoms with Gasteiger partial charge in [0.2, 0.25) is 5.91 Å². The number of methoxy groups -OCH3 is 1. The molecule has 2 atom stereocenters. The minimum absolute atomic E-state index is 0. The van der Waals surface area contributed by atoms with E-state index in [1.165, 1.54) is 0 Å². The number of aryl methyl sites for hydroxylation is 1. The summed E-state index contributed by atoms with van der Waals surface area (Å²) in [6.45, 7) is 2.33. The average molecular weight is 356 g/mol. The van der Waals surface area contributed by atoms with Crippen LogP contribution in [0.3, 0.4) is 0 Å². The number of nitrogens with zero attached hydrogens (tertiary/aromatic N) is 1. The molecule has 3 N–H and O–H groups in total. The van der Waals surface area contributed by atoms with E-state index in [-0.39, 0.29) is 42.9 Å². The monoisotopic (exact) mass is 355 g/mol. The van der Waals surface area contributed by atoms with Gasteiger partial charge in [0.05, 0.1) is 18.6 Å². The number of hydrogen-bond donors (Lipinski definition) is 2. The maximum atomic E-state index is 12.0. The Labute approximate surface area is 141 Å². The molecule has 1 aromatic heterocycles. The molecular weight excluding hydrogens is 333 g/mol. The zero-order valence-corrected chi connectivity index (χ0v) is 14.7. The standard InChI is InChI=1S/C13H21N3O2S.2ClH/c1-8-7-19-13(15-8)12(9-3-4-9)16-11(17)5-10(6-14)18-2;;/h7,9-10,12H,3-6,14H2,1-2H3,(H,16,17);2*1H. The first kappa shape index (κ1) is 20.6. The summed E-state index contributed by atoms with van der Waals surface area (Å²) in [6, 6.07) is 0.0569. The maximum Gasteiger partial charge on any atom is 0.223 e. The van der Waals surface area contributed by atoms with E-state index < -0.39 is 0 Å². The number of nitrogens with two attached hydrogens (primary N) is 1. The second-order valence-corrected chi connectivity index (χ2v) is 5.90. The van der Waals surface area contributed by atoms with Crippen molar-refractivity contribution in [3.05, 3.63) is 16.1 Å². The molecule has 1 fully saturated rings. The van der Waals surface area contributed by atoms with Crippen LogP contribution in [0.15, 0.2) is 5.38 Å². The van der Waals surface area contributed by atoms with Crippen LogP contribution in [-0.2, 0) is 9.53 Å². The van der Waals surface area contributed by atoms with Crippen LogP contribution in [0.1, 0.15) is 36.0 Å². The van der Waals surface area contributed by atoms with Crippen LogP contribution >= 0.6 is 36.2 Å². The lowest BCUT2D eigenvalue weighted by atomic mass is 10.1. The largest absolute Gasteiger partial charge is 0.380 e. The van der Waals surface area contributed by atoms with Crippen molar-refractivity contribution in [3.8, 4) is 0 Å². The lowest BCUT2D eigenvalue weighted by Crippen LogP contribution is -2.35. The third kappa shape index (κ3) is 6.08. The molecule has 122 valence electrons. The van der Waals surface area contributed by atoms with E-state index in [1.807, 2.05) is 12.3 Å². The third-order valence-corrected chi connectivity index (χ3v) is 4.37. The van der Waals surface area contributed by atoms with Crippen molar-refractivity contribution in [1.82, 2.24) is 10.3 Å². The number of hydrogen-bond acceptors (Lipinski definition) is 5. The molecule has 5 nitrogen and oxygen atoms in total. The molecular formula is C13H23Cl2N3O2S. The fourth-order valence-electron chi connectivity index (χ4n) is 2.03. The van der Waals surface area contributed by atoms with Crippen molar-refractivity contribution >= 4 is 42.1 Å². The molecule has 2 rings (SSSR count). The highest BCUT2D eigenvalue weighted by Gasteiger charge is 2.35. The molecule has 1 aromatic rings. The summed E-state index contributed by atoms with van der Waals surface area (Å²) in [7, 11) is 1.58. The van der Waals surface area contributed by atoms with Gasteiger partial charge in [-0.2, -0.15) is 0 Å². The van der Waals surface area contributed by atoms with Crippen LogP contribution in [0, 0.1) is 12.8 Å². The van der Waals surface area contributed by atoms with Gasteiger partial charge in [-0.1, -0.05) is 0 Å². The topological polar surface area (TPSA) is 77.2 Å². The van der Waals surface area contributed by atoms with Crippen LogP contribution in [0.25, 0.3) is 0 Å². The summed E-state index contributed by atoms with van der Waals surface area (Å²) in [5, 5.41) is 6.11. The Bertz CT molecular complexity index is 437. The van der Waals surface area contributed by atoms with Gasteiger partial charge in [-0.05, 0) is 25.7 Å². The van der Waals surface area contributed by atoms with Gasteiger partial charge in [0, 0.05) is 24.7 Å². The molecule has 2 unspecified atom stereocenters. The molecule has 0 saturated heterocycles. The van der Waals surface area contributed by atoms with Crippen LogP contribution in [0.2, 0.25) is 0 Å². The molecule has 1 heterocycles. The summed E-state index contributed by atoms with van der Waals surface area (Å²) in [5.74, 6) is 0.524. The van der Waals surface area contributed by atoms with Gasteiger partial charge < -0.3 is 15.8 Å².